The molecular weight excluding hydrogens is 226 g/mol. The Morgan fingerprint density at radius 1 is 1.17 bits per heavy atom. The third-order valence-electron chi connectivity index (χ3n) is 3.41. The van der Waals surface area contributed by atoms with Crippen LogP contribution in [0.4, 0.5) is 0 Å². The molecule has 5 nitrogen and oxygen atoms in total. The van der Waals surface area contributed by atoms with Crippen molar-refractivity contribution >= 4 is 0 Å². The van der Waals surface area contributed by atoms with Gasteiger partial charge in [-0.05, 0) is 27.4 Å². The summed E-state index contributed by atoms with van der Waals surface area (Å²) in [5, 5.41) is 0. The van der Waals surface area contributed by atoms with Crippen LogP contribution in [0.25, 0.3) is 11.6 Å². The lowest BCUT2D eigenvalue weighted by Gasteiger charge is -2.20. The lowest BCUT2D eigenvalue weighted by Crippen LogP contribution is -2.25. The van der Waals surface area contributed by atoms with Crippen LogP contribution in [-0.4, -0.2) is 44.1 Å². The first-order valence-corrected chi connectivity index (χ1v) is 6.25. The highest BCUT2D eigenvalue weighted by atomic mass is 15.2. The second-order valence-electron chi connectivity index (χ2n) is 4.91. The maximum atomic E-state index is 4.41. The van der Waals surface area contributed by atoms with Gasteiger partial charge in [-0.3, -0.25) is 0 Å². The van der Waals surface area contributed by atoms with Crippen LogP contribution in [0.5, 0.6) is 0 Å². The highest BCUT2D eigenvalue weighted by molar-refractivity contribution is 5.44. The molecule has 0 saturated carbocycles. The second kappa shape index (κ2) is 5.35. The van der Waals surface area contributed by atoms with Gasteiger partial charge in [0.25, 0.3) is 0 Å². The van der Waals surface area contributed by atoms with E-state index in [9.17, 15) is 0 Å². The highest BCUT2D eigenvalue weighted by Crippen LogP contribution is 2.15. The van der Waals surface area contributed by atoms with Crippen molar-refractivity contribution in [3.8, 4) is 11.6 Å². The van der Waals surface area contributed by atoms with Gasteiger partial charge in [0.1, 0.15) is 0 Å². The van der Waals surface area contributed by atoms with Gasteiger partial charge in [-0.2, -0.15) is 0 Å². The molecular formula is C13H21N5. The molecule has 0 spiro atoms. The molecule has 18 heavy (non-hydrogen) atoms. The van der Waals surface area contributed by atoms with Crippen LogP contribution in [0.2, 0.25) is 0 Å². The zero-order chi connectivity index (χ0) is 13.1. The Kier molecular flexibility index (Phi) is 3.81. The van der Waals surface area contributed by atoms with E-state index in [1.807, 2.05) is 30.2 Å². The summed E-state index contributed by atoms with van der Waals surface area (Å²) < 4.78 is 4.16. The van der Waals surface area contributed by atoms with Crippen molar-refractivity contribution in [3.63, 3.8) is 0 Å². The van der Waals surface area contributed by atoms with Crippen molar-refractivity contribution < 1.29 is 0 Å². The molecule has 2 heterocycles. The molecule has 0 aliphatic heterocycles. The molecule has 0 aliphatic carbocycles. The molecule has 5 heteroatoms. The first kappa shape index (κ1) is 12.8. The summed E-state index contributed by atoms with van der Waals surface area (Å²) in [6, 6.07) is 0.557. The molecule has 1 atom stereocenters. The molecule has 98 valence electrons. The monoisotopic (exact) mass is 247 g/mol. The van der Waals surface area contributed by atoms with Gasteiger partial charge < -0.3 is 14.0 Å². The van der Waals surface area contributed by atoms with Crippen molar-refractivity contribution in [2.75, 3.05) is 14.1 Å². The molecule has 2 aromatic heterocycles. The summed E-state index contributed by atoms with van der Waals surface area (Å²) in [7, 11) is 6.21. The Balaban J connectivity index is 2.12. The Bertz CT molecular complexity index is 497. The number of nitrogens with zero attached hydrogens (tertiary/aromatic N) is 5. The van der Waals surface area contributed by atoms with E-state index in [2.05, 4.69) is 40.5 Å². The van der Waals surface area contributed by atoms with E-state index in [1.165, 1.54) is 0 Å². The lowest BCUT2D eigenvalue weighted by molar-refractivity contribution is 0.288. The van der Waals surface area contributed by atoms with Gasteiger partial charge >= 0.3 is 0 Å². The van der Waals surface area contributed by atoms with Gasteiger partial charge in [0.2, 0.25) is 0 Å². The smallest absolute Gasteiger partial charge is 0.176 e. The third kappa shape index (κ3) is 2.61. The van der Waals surface area contributed by atoms with E-state index in [1.54, 1.807) is 6.20 Å². The van der Waals surface area contributed by atoms with Crippen LogP contribution in [-0.2, 0) is 13.6 Å². The first-order chi connectivity index (χ1) is 8.59. The van der Waals surface area contributed by atoms with Gasteiger partial charge in [-0.15, -0.1) is 0 Å². The molecule has 0 N–H and O–H groups in total. The van der Waals surface area contributed by atoms with Crippen LogP contribution >= 0.6 is 0 Å². The highest BCUT2D eigenvalue weighted by Gasteiger charge is 2.11. The van der Waals surface area contributed by atoms with Crippen LogP contribution < -0.4 is 0 Å². The lowest BCUT2D eigenvalue weighted by atomic mass is 10.2. The summed E-state index contributed by atoms with van der Waals surface area (Å²) in [4.78, 5) is 11.0. The van der Waals surface area contributed by atoms with Crippen LogP contribution in [0, 0.1) is 0 Å². The number of hydrogen-bond acceptors (Lipinski definition) is 3. The summed E-state index contributed by atoms with van der Waals surface area (Å²) in [6.45, 7) is 3.19. The van der Waals surface area contributed by atoms with Gasteiger partial charge in [0, 0.05) is 44.4 Å². The average molecular weight is 247 g/mol. The molecule has 2 aromatic rings. The first-order valence-electron chi connectivity index (χ1n) is 6.25. The Morgan fingerprint density at radius 2 is 1.83 bits per heavy atom. The van der Waals surface area contributed by atoms with E-state index in [-0.39, 0.29) is 0 Å². The zero-order valence-corrected chi connectivity index (χ0v) is 11.5. The maximum Gasteiger partial charge on any atom is 0.176 e. The van der Waals surface area contributed by atoms with Gasteiger partial charge in [-0.25, -0.2) is 9.97 Å². The molecule has 0 radical (unpaired) electrons. The van der Waals surface area contributed by atoms with Crippen molar-refractivity contribution in [3.05, 3.63) is 24.8 Å². The predicted molar refractivity (Wildman–Crippen MR) is 72.2 cm³/mol. The summed E-state index contributed by atoms with van der Waals surface area (Å²) >= 11 is 0. The van der Waals surface area contributed by atoms with E-state index >= 15 is 0 Å². The number of aromatic nitrogens is 4. The van der Waals surface area contributed by atoms with Crippen LogP contribution in [0.1, 0.15) is 13.3 Å². The third-order valence-corrected chi connectivity index (χ3v) is 3.41. The molecule has 0 unspecified atom stereocenters. The molecule has 0 bridgehead atoms. The summed E-state index contributed by atoms with van der Waals surface area (Å²) in [5.41, 5.74) is 0. The quantitative estimate of drug-likeness (QED) is 0.806. The molecule has 0 saturated heterocycles. The summed E-state index contributed by atoms with van der Waals surface area (Å²) in [5.74, 6) is 1.85. The normalized spacial score (nSPS) is 13.2. The SMILES string of the molecule is C[C@H](CCn1ccnc1-c1nccn1C)N(C)C. The number of imidazole rings is 2. The standard InChI is InChI=1S/C13H21N5/c1-11(16(2)3)5-8-18-10-7-15-13(18)12-14-6-9-17(12)4/h6-7,9-11H,5,8H2,1-4H3/t11-/m1/s1. The molecule has 0 aromatic carbocycles. The van der Waals surface area contributed by atoms with E-state index < -0.39 is 0 Å². The number of rotatable bonds is 5. The van der Waals surface area contributed by atoms with Gasteiger partial charge in [0.05, 0.1) is 0 Å². The fourth-order valence-electron chi connectivity index (χ4n) is 1.86. The Labute approximate surface area is 108 Å². The summed E-state index contributed by atoms with van der Waals surface area (Å²) in [6.07, 6.45) is 8.70. The minimum atomic E-state index is 0.557. The van der Waals surface area contributed by atoms with Crippen LogP contribution in [0.3, 0.4) is 0 Å². The number of aryl methyl sites for hydroxylation is 2. The van der Waals surface area contributed by atoms with Crippen molar-refractivity contribution in [2.24, 2.45) is 7.05 Å². The topological polar surface area (TPSA) is 38.9 Å². The van der Waals surface area contributed by atoms with Gasteiger partial charge in [0.15, 0.2) is 11.6 Å². The van der Waals surface area contributed by atoms with E-state index in [0.29, 0.717) is 6.04 Å². The Morgan fingerprint density at radius 3 is 2.44 bits per heavy atom. The van der Waals surface area contributed by atoms with E-state index in [0.717, 1.165) is 24.6 Å². The minimum absolute atomic E-state index is 0.557. The molecule has 2 rings (SSSR count). The number of hydrogen-bond donors (Lipinski definition) is 0. The maximum absolute atomic E-state index is 4.41. The van der Waals surface area contributed by atoms with Crippen molar-refractivity contribution in [1.29, 1.82) is 0 Å². The predicted octanol–water partition coefficient (Wildman–Crippen LogP) is 1.62. The largest absolute Gasteiger partial charge is 0.331 e. The van der Waals surface area contributed by atoms with Crippen molar-refractivity contribution in [2.45, 2.75) is 25.9 Å². The van der Waals surface area contributed by atoms with Crippen LogP contribution in [0.15, 0.2) is 24.8 Å². The average Bonchev–Trinajstić information content (AvgIpc) is 2.93. The van der Waals surface area contributed by atoms with E-state index in [4.69, 9.17) is 0 Å². The molecule has 0 aliphatic rings. The Hall–Kier alpha value is -1.62. The molecule has 0 amide bonds. The second-order valence-corrected chi connectivity index (χ2v) is 4.91. The minimum Gasteiger partial charge on any atom is -0.331 e. The fourth-order valence-corrected chi connectivity index (χ4v) is 1.86. The van der Waals surface area contributed by atoms with Gasteiger partial charge in [-0.1, -0.05) is 0 Å². The van der Waals surface area contributed by atoms with Crippen molar-refractivity contribution in [1.82, 2.24) is 24.0 Å². The molecule has 0 fully saturated rings. The zero-order valence-electron chi connectivity index (χ0n) is 11.5. The fraction of sp³-hybridized carbons (Fsp3) is 0.538.